The smallest absolute Gasteiger partial charge is 0.225 e. The minimum atomic E-state index is 0.115. The third-order valence-electron chi connectivity index (χ3n) is 6.52. The number of amides is 1. The molecule has 0 saturated carbocycles. The molecule has 6 heteroatoms. The van der Waals surface area contributed by atoms with Gasteiger partial charge in [0, 0.05) is 60.8 Å². The predicted molar refractivity (Wildman–Crippen MR) is 120 cm³/mol. The Kier molecular flexibility index (Phi) is 5.89. The maximum absolute atomic E-state index is 12.6. The highest BCUT2D eigenvalue weighted by Gasteiger charge is 2.27. The first kappa shape index (κ1) is 20.1. The van der Waals surface area contributed by atoms with Crippen molar-refractivity contribution < 1.29 is 9.53 Å². The summed E-state index contributed by atoms with van der Waals surface area (Å²) in [6.45, 7) is 2.39. The van der Waals surface area contributed by atoms with Crippen LogP contribution in [0.5, 0.6) is 0 Å². The summed E-state index contributed by atoms with van der Waals surface area (Å²) in [5.41, 5.74) is 4.03. The molecule has 3 aromatic heterocycles. The average molecular weight is 417 g/mol. The average Bonchev–Trinajstić information content (AvgIpc) is 2.84. The molecule has 3 aromatic rings. The summed E-state index contributed by atoms with van der Waals surface area (Å²) in [5, 5.41) is 1.04. The van der Waals surface area contributed by atoms with E-state index in [-0.39, 0.29) is 12.0 Å². The van der Waals surface area contributed by atoms with Crippen molar-refractivity contribution in [1.29, 1.82) is 0 Å². The molecule has 0 N–H and O–H groups in total. The number of piperidine rings is 1. The monoisotopic (exact) mass is 416 g/mol. The number of hydrogen-bond donors (Lipinski definition) is 0. The van der Waals surface area contributed by atoms with Crippen LogP contribution >= 0.6 is 0 Å². The highest BCUT2D eigenvalue weighted by atomic mass is 16.5. The van der Waals surface area contributed by atoms with Gasteiger partial charge < -0.3 is 9.64 Å². The Balaban J connectivity index is 1.23. The minimum absolute atomic E-state index is 0.115. The van der Waals surface area contributed by atoms with Gasteiger partial charge in [0.25, 0.3) is 0 Å². The number of nitrogens with zero attached hydrogens (tertiary/aromatic N) is 4. The van der Waals surface area contributed by atoms with E-state index in [1.807, 2.05) is 23.2 Å². The van der Waals surface area contributed by atoms with Crippen molar-refractivity contribution >= 4 is 16.9 Å². The van der Waals surface area contributed by atoms with Gasteiger partial charge in [-0.15, -0.1) is 0 Å². The van der Waals surface area contributed by atoms with Gasteiger partial charge in [-0.2, -0.15) is 0 Å². The number of carbonyl (C=O) groups excluding carboxylic acids is 1. The van der Waals surface area contributed by atoms with Crippen LogP contribution in [0.15, 0.2) is 48.9 Å². The molecule has 2 aliphatic rings. The first-order valence-corrected chi connectivity index (χ1v) is 11.3. The lowest BCUT2D eigenvalue weighted by Gasteiger charge is -2.33. The lowest BCUT2D eigenvalue weighted by Crippen LogP contribution is -2.40. The fourth-order valence-corrected chi connectivity index (χ4v) is 4.67. The highest BCUT2D eigenvalue weighted by molar-refractivity contribution is 5.81. The Morgan fingerprint density at radius 3 is 2.65 bits per heavy atom. The van der Waals surface area contributed by atoms with E-state index in [0.717, 1.165) is 73.2 Å². The van der Waals surface area contributed by atoms with Gasteiger partial charge in [0.1, 0.15) is 0 Å². The zero-order valence-electron chi connectivity index (χ0n) is 17.7. The van der Waals surface area contributed by atoms with Crippen LogP contribution in [0.3, 0.4) is 0 Å². The Bertz CT molecular complexity index is 1040. The van der Waals surface area contributed by atoms with Crippen LogP contribution in [0.4, 0.5) is 0 Å². The van der Waals surface area contributed by atoms with Gasteiger partial charge in [-0.1, -0.05) is 0 Å². The number of hydrogen-bond acceptors (Lipinski definition) is 5. The van der Waals surface area contributed by atoms with E-state index in [4.69, 9.17) is 9.72 Å². The van der Waals surface area contributed by atoms with Gasteiger partial charge in [-0.05, 0) is 68.0 Å². The largest absolute Gasteiger partial charge is 0.378 e. The van der Waals surface area contributed by atoms with Gasteiger partial charge in [-0.3, -0.25) is 9.78 Å². The summed E-state index contributed by atoms with van der Waals surface area (Å²) in [6, 6.07) is 10.3. The third-order valence-corrected chi connectivity index (χ3v) is 6.52. The zero-order chi connectivity index (χ0) is 21.0. The van der Waals surface area contributed by atoms with Crippen molar-refractivity contribution in [3.05, 3.63) is 54.6 Å². The van der Waals surface area contributed by atoms with Crippen LogP contribution in [0.1, 0.15) is 50.1 Å². The lowest BCUT2D eigenvalue weighted by molar-refractivity contribution is -0.136. The molecule has 0 aliphatic carbocycles. The van der Waals surface area contributed by atoms with Crippen molar-refractivity contribution in [1.82, 2.24) is 19.9 Å². The molecule has 2 fully saturated rings. The normalized spacial score (nSPS) is 20.1. The molecule has 6 nitrogen and oxygen atoms in total. The fraction of sp³-hybridized carbons (Fsp3) is 0.440. The van der Waals surface area contributed by atoms with E-state index < -0.39 is 0 Å². The quantitative estimate of drug-likeness (QED) is 0.632. The predicted octanol–water partition coefficient (Wildman–Crippen LogP) is 4.36. The summed E-state index contributed by atoms with van der Waals surface area (Å²) < 4.78 is 5.74. The van der Waals surface area contributed by atoms with E-state index >= 15 is 0 Å². The van der Waals surface area contributed by atoms with Crippen LogP contribution in [-0.2, 0) is 9.53 Å². The van der Waals surface area contributed by atoms with Crippen molar-refractivity contribution in [3.63, 3.8) is 0 Å². The fourth-order valence-electron chi connectivity index (χ4n) is 4.67. The number of carbonyl (C=O) groups is 1. The number of ether oxygens (including phenoxy) is 1. The standard InChI is InChI=1S/C25H28N4O2/c30-24(16-22-3-1-2-14-31-22)29-12-8-19(9-13-29)23-5-4-20-15-21(17-27-25(20)28-23)18-6-10-26-11-7-18/h4-7,10-11,15,17,19,22H,1-3,8-9,12-14,16H2. The number of likely N-dealkylation sites (tertiary alicyclic amines) is 1. The van der Waals surface area contributed by atoms with Crippen LogP contribution in [0, 0.1) is 0 Å². The molecular formula is C25H28N4O2. The van der Waals surface area contributed by atoms with E-state index in [1.165, 1.54) is 6.42 Å². The molecule has 0 spiro atoms. The van der Waals surface area contributed by atoms with Crippen LogP contribution in [0.25, 0.3) is 22.2 Å². The molecule has 1 amide bonds. The van der Waals surface area contributed by atoms with E-state index in [9.17, 15) is 4.79 Å². The molecule has 0 bridgehead atoms. The summed E-state index contributed by atoms with van der Waals surface area (Å²) >= 11 is 0. The molecule has 0 radical (unpaired) electrons. The second-order valence-corrected chi connectivity index (χ2v) is 8.59. The van der Waals surface area contributed by atoms with Crippen LogP contribution < -0.4 is 0 Å². The number of pyridine rings is 3. The third kappa shape index (κ3) is 4.59. The summed E-state index contributed by atoms with van der Waals surface area (Å²) in [7, 11) is 0. The Morgan fingerprint density at radius 1 is 1.03 bits per heavy atom. The molecule has 5 rings (SSSR count). The second-order valence-electron chi connectivity index (χ2n) is 8.59. The maximum Gasteiger partial charge on any atom is 0.225 e. The Hall–Kier alpha value is -2.86. The molecule has 2 aliphatic heterocycles. The topological polar surface area (TPSA) is 68.2 Å². The molecule has 5 heterocycles. The molecule has 160 valence electrons. The molecule has 2 saturated heterocycles. The Morgan fingerprint density at radius 2 is 1.87 bits per heavy atom. The summed E-state index contributed by atoms with van der Waals surface area (Å²) in [4.78, 5) is 28.2. The SMILES string of the molecule is O=C(CC1CCCCO1)N1CCC(c2ccc3cc(-c4ccncc4)cnc3n2)CC1. The van der Waals surface area contributed by atoms with Crippen molar-refractivity contribution in [2.75, 3.05) is 19.7 Å². The highest BCUT2D eigenvalue weighted by Crippen LogP contribution is 2.29. The first-order valence-electron chi connectivity index (χ1n) is 11.3. The van der Waals surface area contributed by atoms with E-state index in [2.05, 4.69) is 28.2 Å². The Labute approximate surface area is 182 Å². The number of rotatable bonds is 4. The van der Waals surface area contributed by atoms with Gasteiger partial charge in [-0.25, -0.2) is 9.97 Å². The lowest BCUT2D eigenvalue weighted by atomic mass is 9.92. The zero-order valence-corrected chi connectivity index (χ0v) is 17.7. The molecule has 1 atom stereocenters. The maximum atomic E-state index is 12.6. The van der Waals surface area contributed by atoms with Crippen molar-refractivity contribution in [2.45, 2.75) is 50.5 Å². The second kappa shape index (κ2) is 9.10. The van der Waals surface area contributed by atoms with Crippen LogP contribution in [0.2, 0.25) is 0 Å². The molecular weight excluding hydrogens is 388 g/mol. The number of aromatic nitrogens is 3. The van der Waals surface area contributed by atoms with E-state index in [0.29, 0.717) is 12.3 Å². The first-order chi connectivity index (χ1) is 15.3. The van der Waals surface area contributed by atoms with Crippen molar-refractivity contribution in [2.24, 2.45) is 0 Å². The summed E-state index contributed by atoms with van der Waals surface area (Å²) in [5.74, 6) is 0.614. The molecule has 0 aromatic carbocycles. The van der Waals surface area contributed by atoms with E-state index in [1.54, 1.807) is 12.4 Å². The number of fused-ring (bicyclic) bond motifs is 1. The van der Waals surface area contributed by atoms with Gasteiger partial charge in [0.05, 0.1) is 12.5 Å². The van der Waals surface area contributed by atoms with Gasteiger partial charge >= 0.3 is 0 Å². The molecule has 31 heavy (non-hydrogen) atoms. The molecule has 1 unspecified atom stereocenters. The van der Waals surface area contributed by atoms with Gasteiger partial charge in [0.2, 0.25) is 5.91 Å². The van der Waals surface area contributed by atoms with Crippen molar-refractivity contribution in [3.8, 4) is 11.1 Å². The van der Waals surface area contributed by atoms with Crippen LogP contribution in [-0.4, -0.2) is 51.6 Å². The van der Waals surface area contributed by atoms with Gasteiger partial charge in [0.15, 0.2) is 5.65 Å². The minimum Gasteiger partial charge on any atom is -0.378 e. The summed E-state index contributed by atoms with van der Waals surface area (Å²) in [6.07, 6.45) is 11.3.